The first-order chi connectivity index (χ1) is 5.54. The fourth-order valence-corrected chi connectivity index (χ4v) is 0.756. The number of alkyl halides is 4. The third-order valence-electron chi connectivity index (χ3n) is 1.10. The Bertz CT molecular complexity index is 277. The molecule has 0 unspecified atom stereocenters. The maximum Gasteiger partial charge on any atom is 0.451 e. The Morgan fingerprint density at radius 2 is 2.00 bits per heavy atom. The number of nitrogens with zero attached hydrogens (tertiary/aromatic N) is 2. The van der Waals surface area contributed by atoms with Crippen molar-refractivity contribution in [3.8, 4) is 0 Å². The molecule has 74 valence electrons. The third kappa shape index (κ3) is 3.36. The van der Waals surface area contributed by atoms with Gasteiger partial charge in [-0.05, 0) is 6.07 Å². The first-order valence-electron chi connectivity index (χ1n) is 2.99. The minimum atomic E-state index is -4.50. The molecule has 0 aromatic carbocycles. The number of rotatable bonds is 1. The Morgan fingerprint density at radius 1 is 1.38 bits per heavy atom. The van der Waals surface area contributed by atoms with Crippen molar-refractivity contribution in [1.82, 2.24) is 9.97 Å². The lowest BCUT2D eigenvalue weighted by Crippen LogP contribution is -2.11. The lowest BCUT2D eigenvalue weighted by atomic mass is 10.4. The van der Waals surface area contributed by atoms with E-state index in [4.69, 9.17) is 11.6 Å². The highest BCUT2D eigenvalue weighted by Gasteiger charge is 2.34. The predicted molar refractivity (Wildman–Crippen MR) is 43.8 cm³/mol. The van der Waals surface area contributed by atoms with E-state index < -0.39 is 12.0 Å². The zero-order valence-electron chi connectivity index (χ0n) is 6.18. The molecule has 0 amide bonds. The largest absolute Gasteiger partial charge is 0.451 e. The van der Waals surface area contributed by atoms with E-state index in [1.54, 1.807) is 0 Å². The maximum atomic E-state index is 11.9. The van der Waals surface area contributed by atoms with Crippen LogP contribution < -0.4 is 0 Å². The van der Waals surface area contributed by atoms with E-state index >= 15 is 0 Å². The Hall–Kier alpha value is -0.550. The van der Waals surface area contributed by atoms with Crippen molar-refractivity contribution in [1.29, 1.82) is 0 Å². The standard InChI is InChI=1S/C6H4ClF3N2.ClH/c7-3-4-1-2-11-5(12-4)6(8,9)10;/h1-2H,3H2;1H. The fourth-order valence-electron chi connectivity index (χ4n) is 0.607. The fraction of sp³-hybridized carbons (Fsp3) is 0.333. The zero-order valence-corrected chi connectivity index (χ0v) is 7.75. The summed E-state index contributed by atoms with van der Waals surface area (Å²) in [5, 5.41) is 0. The van der Waals surface area contributed by atoms with E-state index in [0.29, 0.717) is 0 Å². The highest BCUT2D eigenvalue weighted by Crippen LogP contribution is 2.25. The smallest absolute Gasteiger partial charge is 0.233 e. The van der Waals surface area contributed by atoms with Crippen molar-refractivity contribution in [3.05, 3.63) is 23.8 Å². The number of hydrogen-bond donors (Lipinski definition) is 0. The summed E-state index contributed by atoms with van der Waals surface area (Å²) in [6.45, 7) is 0. The molecule has 1 aromatic heterocycles. The van der Waals surface area contributed by atoms with Crippen LogP contribution in [0.5, 0.6) is 0 Å². The van der Waals surface area contributed by atoms with Gasteiger partial charge in [-0.25, -0.2) is 9.97 Å². The van der Waals surface area contributed by atoms with Gasteiger partial charge in [0.05, 0.1) is 11.6 Å². The van der Waals surface area contributed by atoms with Crippen LogP contribution in [0.25, 0.3) is 0 Å². The molecule has 0 saturated heterocycles. The van der Waals surface area contributed by atoms with E-state index in [1.165, 1.54) is 6.07 Å². The van der Waals surface area contributed by atoms with Gasteiger partial charge in [0.15, 0.2) is 0 Å². The monoisotopic (exact) mass is 232 g/mol. The van der Waals surface area contributed by atoms with E-state index in [9.17, 15) is 13.2 Å². The molecule has 1 heterocycles. The van der Waals surface area contributed by atoms with Crippen molar-refractivity contribution in [2.45, 2.75) is 12.1 Å². The molecule has 0 aliphatic rings. The van der Waals surface area contributed by atoms with Crippen molar-refractivity contribution in [3.63, 3.8) is 0 Å². The molecule has 0 radical (unpaired) electrons. The van der Waals surface area contributed by atoms with Gasteiger partial charge < -0.3 is 0 Å². The van der Waals surface area contributed by atoms with Gasteiger partial charge in [-0.3, -0.25) is 0 Å². The van der Waals surface area contributed by atoms with E-state index in [-0.39, 0.29) is 24.0 Å². The van der Waals surface area contributed by atoms with Gasteiger partial charge >= 0.3 is 6.18 Å². The topological polar surface area (TPSA) is 25.8 Å². The molecule has 0 aliphatic carbocycles. The Labute approximate surface area is 83.6 Å². The quantitative estimate of drug-likeness (QED) is 0.696. The SMILES string of the molecule is Cl.FC(F)(F)c1nccc(CCl)n1. The van der Waals surface area contributed by atoms with Crippen LogP contribution in [-0.2, 0) is 12.1 Å². The normalized spacial score (nSPS) is 10.8. The van der Waals surface area contributed by atoms with Gasteiger partial charge in [-0.15, -0.1) is 24.0 Å². The number of halogens is 5. The van der Waals surface area contributed by atoms with E-state index in [1.807, 2.05) is 0 Å². The first kappa shape index (κ1) is 12.4. The minimum Gasteiger partial charge on any atom is -0.233 e. The van der Waals surface area contributed by atoms with Crippen molar-refractivity contribution >= 4 is 24.0 Å². The molecule has 0 aliphatic heterocycles. The predicted octanol–water partition coefficient (Wildman–Crippen LogP) is 2.66. The molecule has 0 fully saturated rings. The molecule has 0 spiro atoms. The second-order valence-corrected chi connectivity index (χ2v) is 2.27. The number of aromatic nitrogens is 2. The average molecular weight is 233 g/mol. The van der Waals surface area contributed by atoms with Crippen molar-refractivity contribution in [2.75, 3.05) is 0 Å². The van der Waals surface area contributed by atoms with Crippen molar-refractivity contribution in [2.24, 2.45) is 0 Å². The summed E-state index contributed by atoms with van der Waals surface area (Å²) >= 11 is 5.29. The molecule has 13 heavy (non-hydrogen) atoms. The highest BCUT2D eigenvalue weighted by molar-refractivity contribution is 6.16. The summed E-state index contributed by atoms with van der Waals surface area (Å²) in [4.78, 5) is 6.26. The maximum absolute atomic E-state index is 11.9. The molecule has 0 atom stereocenters. The summed E-state index contributed by atoms with van der Waals surface area (Å²) in [7, 11) is 0. The van der Waals surface area contributed by atoms with Gasteiger partial charge in [-0.1, -0.05) is 0 Å². The van der Waals surface area contributed by atoms with Crippen LogP contribution in [-0.4, -0.2) is 9.97 Å². The second kappa shape index (κ2) is 4.62. The molecule has 1 aromatic rings. The molecule has 0 saturated carbocycles. The third-order valence-corrected chi connectivity index (χ3v) is 1.38. The summed E-state index contributed by atoms with van der Waals surface area (Å²) < 4.78 is 35.8. The first-order valence-corrected chi connectivity index (χ1v) is 3.52. The van der Waals surface area contributed by atoms with Crippen LogP contribution in [0.1, 0.15) is 11.5 Å². The Balaban J connectivity index is 0.00000144. The van der Waals surface area contributed by atoms with Gasteiger partial charge in [-0.2, -0.15) is 13.2 Å². The van der Waals surface area contributed by atoms with Crippen LogP contribution in [0.2, 0.25) is 0 Å². The molecular weight excluding hydrogens is 228 g/mol. The highest BCUT2D eigenvalue weighted by atomic mass is 35.5. The van der Waals surface area contributed by atoms with Gasteiger partial charge in [0.1, 0.15) is 0 Å². The lowest BCUT2D eigenvalue weighted by Gasteiger charge is -2.04. The van der Waals surface area contributed by atoms with E-state index in [0.717, 1.165) is 6.20 Å². The Kier molecular flexibility index (Phi) is 4.43. The minimum absolute atomic E-state index is 0. The van der Waals surface area contributed by atoms with Crippen LogP contribution >= 0.6 is 24.0 Å². The summed E-state index contributed by atoms with van der Waals surface area (Å²) in [6, 6.07) is 1.34. The van der Waals surface area contributed by atoms with E-state index in [2.05, 4.69) is 9.97 Å². The molecule has 1 rings (SSSR count). The molecule has 0 bridgehead atoms. The second-order valence-electron chi connectivity index (χ2n) is 2.00. The molecular formula is C6H5Cl2F3N2. The van der Waals surface area contributed by atoms with Gasteiger partial charge in [0, 0.05) is 6.20 Å². The van der Waals surface area contributed by atoms with Crippen LogP contribution in [0.4, 0.5) is 13.2 Å². The van der Waals surface area contributed by atoms with Gasteiger partial charge in [0.2, 0.25) is 5.82 Å². The summed E-state index contributed by atoms with van der Waals surface area (Å²) in [5.74, 6) is -1.20. The number of hydrogen-bond acceptors (Lipinski definition) is 2. The molecule has 7 heteroatoms. The van der Waals surface area contributed by atoms with Gasteiger partial charge in [0.25, 0.3) is 0 Å². The lowest BCUT2D eigenvalue weighted by molar-refractivity contribution is -0.145. The summed E-state index contributed by atoms with van der Waals surface area (Å²) in [6.07, 6.45) is -3.46. The van der Waals surface area contributed by atoms with Crippen LogP contribution in [0, 0.1) is 0 Å². The Morgan fingerprint density at radius 3 is 2.46 bits per heavy atom. The zero-order chi connectivity index (χ0) is 9.19. The average Bonchev–Trinajstić information content (AvgIpc) is 2.03. The van der Waals surface area contributed by atoms with Crippen molar-refractivity contribution < 1.29 is 13.2 Å². The molecule has 0 N–H and O–H groups in total. The summed E-state index contributed by atoms with van der Waals surface area (Å²) in [5.41, 5.74) is 0.166. The van der Waals surface area contributed by atoms with Crippen LogP contribution in [0.3, 0.4) is 0 Å². The van der Waals surface area contributed by atoms with Crippen LogP contribution in [0.15, 0.2) is 12.3 Å². The molecule has 2 nitrogen and oxygen atoms in total.